The number of fused-ring (bicyclic) bond motifs is 7. The van der Waals surface area contributed by atoms with Crippen LogP contribution in [0.15, 0.2) is 29.0 Å². The van der Waals surface area contributed by atoms with Gasteiger partial charge in [0.05, 0.1) is 6.10 Å². The molecule has 0 aromatic carbocycles. The lowest BCUT2D eigenvalue weighted by Crippen LogP contribution is -2.66. The number of ether oxygens (including phenoxy) is 4. The molecule has 6 aliphatic rings. The molecule has 164 valence electrons. The Morgan fingerprint density at radius 3 is 2.73 bits per heavy atom. The molecule has 2 N–H and O–H groups in total. The fourth-order valence-electron chi connectivity index (χ4n) is 8.37. The van der Waals surface area contributed by atoms with Gasteiger partial charge in [-0.1, -0.05) is 30.7 Å². The molecule has 4 unspecified atom stereocenters. The van der Waals surface area contributed by atoms with Gasteiger partial charge in [-0.15, -0.1) is 0 Å². The van der Waals surface area contributed by atoms with Crippen LogP contribution >= 0.6 is 0 Å². The number of hydrogen-bond donors (Lipinski definition) is 2. The third-order valence-corrected chi connectivity index (χ3v) is 9.62. The highest BCUT2D eigenvalue weighted by Crippen LogP contribution is 2.71. The van der Waals surface area contributed by atoms with Gasteiger partial charge in [0.25, 0.3) is 0 Å². The summed E-state index contributed by atoms with van der Waals surface area (Å²) >= 11 is 0. The molecule has 30 heavy (non-hydrogen) atoms. The molecule has 2 spiro atoms. The van der Waals surface area contributed by atoms with E-state index in [1.807, 2.05) is 12.2 Å². The van der Waals surface area contributed by atoms with E-state index in [1.165, 1.54) is 5.57 Å². The molecule has 2 saturated heterocycles. The van der Waals surface area contributed by atoms with Gasteiger partial charge in [-0.25, -0.2) is 0 Å². The maximum absolute atomic E-state index is 11.6. The summed E-state index contributed by atoms with van der Waals surface area (Å²) in [4.78, 5) is 0. The van der Waals surface area contributed by atoms with Crippen molar-refractivity contribution < 1.29 is 29.3 Å². The molecule has 0 amide bonds. The number of aliphatic hydroxyl groups is 1. The van der Waals surface area contributed by atoms with E-state index in [0.717, 1.165) is 25.7 Å². The van der Waals surface area contributed by atoms with E-state index in [-0.39, 0.29) is 30.3 Å². The maximum Gasteiger partial charge on any atom is 0.226 e. The first-order chi connectivity index (χ1) is 14.4. The third kappa shape index (κ3) is 2.11. The first-order valence-corrected chi connectivity index (χ1v) is 11.2. The Kier molecular flexibility index (Phi) is 3.99. The fourth-order valence-corrected chi connectivity index (χ4v) is 8.37. The molecule has 7 nitrogen and oxygen atoms in total. The average molecular weight is 418 g/mol. The Hall–Kier alpha value is -1.25. The highest BCUT2D eigenvalue weighted by atomic mass is 16.9. The first kappa shape index (κ1) is 19.4. The van der Waals surface area contributed by atoms with E-state index in [9.17, 15) is 10.3 Å². The van der Waals surface area contributed by atoms with E-state index in [2.05, 4.69) is 25.1 Å². The molecule has 7 heteroatoms. The van der Waals surface area contributed by atoms with Crippen LogP contribution in [0.2, 0.25) is 0 Å². The molecule has 4 aliphatic carbocycles. The number of aliphatic hydroxyl groups excluding tert-OH is 1. The Morgan fingerprint density at radius 1 is 1.13 bits per heavy atom. The lowest BCUT2D eigenvalue weighted by Gasteiger charge is -2.60. The number of rotatable bonds is 0. The van der Waals surface area contributed by atoms with Crippen molar-refractivity contribution in [2.45, 2.75) is 63.4 Å². The molecular formula is C23H31NO6. The Labute approximate surface area is 176 Å². The van der Waals surface area contributed by atoms with E-state index >= 15 is 0 Å². The minimum atomic E-state index is -0.857. The number of hydrogen-bond acceptors (Lipinski definition) is 7. The highest BCUT2D eigenvalue weighted by molar-refractivity contribution is 6.05. The zero-order valence-electron chi connectivity index (χ0n) is 17.7. The van der Waals surface area contributed by atoms with Gasteiger partial charge in [-0.3, -0.25) is 0 Å². The van der Waals surface area contributed by atoms with Crippen molar-refractivity contribution in [2.24, 2.45) is 33.7 Å². The van der Waals surface area contributed by atoms with Crippen LogP contribution in [0.5, 0.6) is 0 Å². The second-order valence-corrected chi connectivity index (χ2v) is 10.5. The molecule has 0 radical (unpaired) electrons. The summed E-state index contributed by atoms with van der Waals surface area (Å²) in [5.41, 5.74) is 0.812. The first-order valence-electron chi connectivity index (χ1n) is 11.2. The lowest BCUT2D eigenvalue weighted by molar-refractivity contribution is -0.256. The van der Waals surface area contributed by atoms with Crippen molar-refractivity contribution in [3.05, 3.63) is 23.8 Å². The van der Waals surface area contributed by atoms with Crippen LogP contribution in [-0.4, -0.2) is 53.7 Å². The van der Waals surface area contributed by atoms with Gasteiger partial charge < -0.3 is 29.3 Å². The minimum absolute atomic E-state index is 0.140. The predicted molar refractivity (Wildman–Crippen MR) is 107 cm³/mol. The standard InChI is InChI=1S/C23H31NO6/c1-20-7-5-15(24-26)9-14(20)3-4-16-17-6-8-22(21(17,2)10-18(25)19(16)20)23(30-13-28-22)11-27-12-29-23/h5,7,9,16-19,25-26H,3-4,6,8,10-13H2,1-2H3/b24-15-/t16?,17?,18-,19?,20-,21-,22+,23?/m0/s1. The van der Waals surface area contributed by atoms with Gasteiger partial charge in [0.2, 0.25) is 5.79 Å². The van der Waals surface area contributed by atoms with Crippen LogP contribution < -0.4 is 0 Å². The van der Waals surface area contributed by atoms with Gasteiger partial charge in [0.15, 0.2) is 13.6 Å². The normalized spacial score (nSPS) is 55.7. The van der Waals surface area contributed by atoms with Gasteiger partial charge >= 0.3 is 0 Å². The van der Waals surface area contributed by atoms with Crippen molar-refractivity contribution in [3.8, 4) is 0 Å². The smallest absolute Gasteiger partial charge is 0.226 e. The van der Waals surface area contributed by atoms with Crippen LogP contribution in [0.4, 0.5) is 0 Å². The van der Waals surface area contributed by atoms with Crippen molar-refractivity contribution in [2.75, 3.05) is 20.2 Å². The van der Waals surface area contributed by atoms with Gasteiger partial charge in [-0.05, 0) is 56.1 Å². The van der Waals surface area contributed by atoms with Gasteiger partial charge in [0.1, 0.15) is 17.9 Å². The molecular weight excluding hydrogens is 386 g/mol. The van der Waals surface area contributed by atoms with Gasteiger partial charge in [0, 0.05) is 16.7 Å². The van der Waals surface area contributed by atoms with E-state index in [4.69, 9.17) is 18.9 Å². The summed E-state index contributed by atoms with van der Waals surface area (Å²) in [6.07, 6.45) is 10.1. The quantitative estimate of drug-likeness (QED) is 0.465. The van der Waals surface area contributed by atoms with Crippen LogP contribution in [-0.2, 0) is 18.9 Å². The zero-order chi connectivity index (χ0) is 20.8. The Balaban J connectivity index is 1.40. The molecule has 0 aromatic heterocycles. The van der Waals surface area contributed by atoms with Crippen LogP contribution in [0.1, 0.15) is 46.0 Å². The summed E-state index contributed by atoms with van der Waals surface area (Å²) in [6.45, 7) is 5.35. The van der Waals surface area contributed by atoms with Crippen LogP contribution in [0.25, 0.3) is 0 Å². The van der Waals surface area contributed by atoms with Crippen molar-refractivity contribution in [1.82, 2.24) is 0 Å². The maximum atomic E-state index is 11.6. The molecule has 2 heterocycles. The second-order valence-electron chi connectivity index (χ2n) is 10.5. The van der Waals surface area contributed by atoms with Gasteiger partial charge in [-0.2, -0.15) is 0 Å². The van der Waals surface area contributed by atoms with E-state index in [0.29, 0.717) is 30.6 Å². The predicted octanol–water partition coefficient (Wildman–Crippen LogP) is 2.97. The molecule has 2 aliphatic heterocycles. The molecule has 3 saturated carbocycles. The molecule has 5 fully saturated rings. The highest BCUT2D eigenvalue weighted by Gasteiger charge is 2.76. The van der Waals surface area contributed by atoms with Crippen molar-refractivity contribution in [3.63, 3.8) is 0 Å². The summed E-state index contributed by atoms with van der Waals surface area (Å²) < 4.78 is 24.1. The third-order valence-electron chi connectivity index (χ3n) is 9.62. The topological polar surface area (TPSA) is 89.7 Å². The summed E-state index contributed by atoms with van der Waals surface area (Å²) in [5.74, 6) is 0.0971. The fraction of sp³-hybridized carbons (Fsp3) is 0.783. The molecule has 6 rings (SSSR count). The number of allylic oxidation sites excluding steroid dienone is 4. The van der Waals surface area contributed by atoms with Crippen LogP contribution in [0.3, 0.4) is 0 Å². The molecule has 0 bridgehead atoms. The van der Waals surface area contributed by atoms with E-state index < -0.39 is 17.5 Å². The summed E-state index contributed by atoms with van der Waals surface area (Å²) in [5, 5.41) is 24.2. The largest absolute Gasteiger partial charge is 0.410 e. The SMILES string of the molecule is C[C@]12C=C/C(=N/O)C=C1CCC1C2[C@@H](O)C[C@@]2(C)C1CC[C@@]21OCOC12COCO2. The van der Waals surface area contributed by atoms with Crippen molar-refractivity contribution in [1.29, 1.82) is 0 Å². The average Bonchev–Trinajstić information content (AvgIpc) is 3.42. The molecule has 8 atom stereocenters. The second kappa shape index (κ2) is 6.17. The van der Waals surface area contributed by atoms with E-state index in [1.54, 1.807) is 0 Å². The minimum Gasteiger partial charge on any atom is -0.410 e. The Bertz CT molecular complexity index is 841. The van der Waals surface area contributed by atoms with Crippen LogP contribution in [0, 0.1) is 28.6 Å². The Morgan fingerprint density at radius 2 is 1.97 bits per heavy atom. The van der Waals surface area contributed by atoms with Crippen molar-refractivity contribution >= 4 is 5.71 Å². The number of oxime groups is 1. The summed E-state index contributed by atoms with van der Waals surface area (Å²) in [6, 6.07) is 0. The zero-order valence-corrected chi connectivity index (χ0v) is 17.7. The summed E-state index contributed by atoms with van der Waals surface area (Å²) in [7, 11) is 0. The lowest BCUT2D eigenvalue weighted by atomic mass is 9.46. The molecule has 0 aromatic rings. The number of nitrogens with zero attached hydrogens (tertiary/aromatic N) is 1. The monoisotopic (exact) mass is 417 g/mol.